The number of rotatable bonds is 3. The van der Waals surface area contributed by atoms with Crippen molar-refractivity contribution >= 4 is 11.8 Å². The van der Waals surface area contributed by atoms with Crippen LogP contribution in [-0.4, -0.2) is 46.0 Å². The number of piperidine rings is 1. The SMILES string of the molecule is Cc1cc(C(=O)N2CCC(NC(=O)c3ccccc3C)CC2)n[nH]1. The summed E-state index contributed by atoms with van der Waals surface area (Å²) in [5.74, 6) is -0.0937. The standard InChI is InChI=1S/C18H22N4O2/c1-12-5-3-4-6-15(12)17(23)19-14-7-9-22(10-8-14)18(24)16-11-13(2)20-21-16/h3-6,11,14H,7-10H2,1-2H3,(H,19,23)(H,20,21). The van der Waals surface area contributed by atoms with Gasteiger partial charge in [0.2, 0.25) is 0 Å². The number of nitrogens with zero attached hydrogens (tertiary/aromatic N) is 2. The Hall–Kier alpha value is -2.63. The van der Waals surface area contributed by atoms with E-state index in [4.69, 9.17) is 0 Å². The number of aromatic nitrogens is 2. The molecule has 2 aromatic rings. The molecule has 0 saturated carbocycles. The van der Waals surface area contributed by atoms with E-state index in [9.17, 15) is 9.59 Å². The summed E-state index contributed by atoms with van der Waals surface area (Å²) in [4.78, 5) is 26.5. The zero-order chi connectivity index (χ0) is 17.1. The van der Waals surface area contributed by atoms with E-state index in [0.717, 1.165) is 24.1 Å². The Morgan fingerprint density at radius 3 is 2.54 bits per heavy atom. The minimum atomic E-state index is -0.0527. The normalized spacial score (nSPS) is 15.3. The van der Waals surface area contributed by atoms with E-state index in [1.165, 1.54) is 0 Å². The third-order valence-corrected chi connectivity index (χ3v) is 4.43. The first kappa shape index (κ1) is 16.2. The Labute approximate surface area is 141 Å². The largest absolute Gasteiger partial charge is 0.349 e. The lowest BCUT2D eigenvalue weighted by molar-refractivity contribution is 0.0692. The van der Waals surface area contributed by atoms with Crippen LogP contribution in [0.4, 0.5) is 0 Å². The van der Waals surface area contributed by atoms with Crippen molar-refractivity contribution in [1.82, 2.24) is 20.4 Å². The van der Waals surface area contributed by atoms with Gasteiger partial charge in [0.25, 0.3) is 11.8 Å². The third-order valence-electron chi connectivity index (χ3n) is 4.43. The van der Waals surface area contributed by atoms with E-state index in [-0.39, 0.29) is 17.9 Å². The number of H-pyrrole nitrogens is 1. The van der Waals surface area contributed by atoms with Crippen molar-refractivity contribution in [2.75, 3.05) is 13.1 Å². The number of hydrogen-bond donors (Lipinski definition) is 2. The van der Waals surface area contributed by atoms with Crippen molar-refractivity contribution in [2.45, 2.75) is 32.7 Å². The molecule has 126 valence electrons. The fourth-order valence-electron chi connectivity index (χ4n) is 3.01. The second-order valence-corrected chi connectivity index (χ2v) is 6.29. The Balaban J connectivity index is 1.55. The van der Waals surface area contributed by atoms with Gasteiger partial charge < -0.3 is 10.2 Å². The first-order chi connectivity index (χ1) is 11.5. The number of aromatic amines is 1. The maximum atomic E-state index is 12.4. The van der Waals surface area contributed by atoms with Crippen molar-refractivity contribution in [3.8, 4) is 0 Å². The molecule has 1 aromatic carbocycles. The van der Waals surface area contributed by atoms with E-state index in [0.29, 0.717) is 24.3 Å². The van der Waals surface area contributed by atoms with Crippen LogP contribution >= 0.6 is 0 Å². The summed E-state index contributed by atoms with van der Waals surface area (Å²) in [6, 6.07) is 9.42. The third kappa shape index (κ3) is 3.48. The van der Waals surface area contributed by atoms with Crippen LogP contribution in [0.3, 0.4) is 0 Å². The Bertz CT molecular complexity index is 745. The summed E-state index contributed by atoms with van der Waals surface area (Å²) in [7, 11) is 0. The lowest BCUT2D eigenvalue weighted by atomic mass is 10.0. The first-order valence-electron chi connectivity index (χ1n) is 8.22. The monoisotopic (exact) mass is 326 g/mol. The summed E-state index contributed by atoms with van der Waals surface area (Å²) in [6.45, 7) is 5.06. The molecule has 1 saturated heterocycles. The molecule has 0 spiro atoms. The van der Waals surface area contributed by atoms with Crippen LogP contribution in [0.15, 0.2) is 30.3 Å². The molecule has 1 aromatic heterocycles. The number of likely N-dealkylation sites (tertiary alicyclic amines) is 1. The molecule has 0 aliphatic carbocycles. The zero-order valence-electron chi connectivity index (χ0n) is 14.0. The average Bonchev–Trinajstić information content (AvgIpc) is 3.02. The molecule has 2 heterocycles. The van der Waals surface area contributed by atoms with Crippen molar-refractivity contribution in [3.05, 3.63) is 52.8 Å². The first-order valence-corrected chi connectivity index (χ1v) is 8.22. The van der Waals surface area contributed by atoms with Gasteiger partial charge in [0.05, 0.1) is 0 Å². The van der Waals surface area contributed by atoms with E-state index in [1.54, 1.807) is 11.0 Å². The molecular formula is C18H22N4O2. The maximum absolute atomic E-state index is 12.4. The second kappa shape index (κ2) is 6.86. The van der Waals surface area contributed by atoms with Gasteiger partial charge in [-0.25, -0.2) is 0 Å². The number of benzene rings is 1. The van der Waals surface area contributed by atoms with E-state index in [1.807, 2.05) is 38.1 Å². The Morgan fingerprint density at radius 2 is 1.92 bits per heavy atom. The summed E-state index contributed by atoms with van der Waals surface area (Å²) in [6.07, 6.45) is 1.51. The molecule has 0 radical (unpaired) electrons. The van der Waals surface area contributed by atoms with Crippen molar-refractivity contribution in [1.29, 1.82) is 0 Å². The lowest BCUT2D eigenvalue weighted by Gasteiger charge is -2.32. The molecule has 1 fully saturated rings. The molecular weight excluding hydrogens is 304 g/mol. The van der Waals surface area contributed by atoms with Gasteiger partial charge in [-0.2, -0.15) is 5.10 Å². The predicted molar refractivity (Wildman–Crippen MR) is 90.9 cm³/mol. The lowest BCUT2D eigenvalue weighted by Crippen LogP contribution is -2.46. The quantitative estimate of drug-likeness (QED) is 0.906. The summed E-state index contributed by atoms with van der Waals surface area (Å²) in [5, 5.41) is 9.89. The topological polar surface area (TPSA) is 78.1 Å². The average molecular weight is 326 g/mol. The van der Waals surface area contributed by atoms with Gasteiger partial charge in [0.1, 0.15) is 5.69 Å². The van der Waals surface area contributed by atoms with E-state index < -0.39 is 0 Å². The van der Waals surface area contributed by atoms with Gasteiger partial charge >= 0.3 is 0 Å². The number of aryl methyl sites for hydroxylation is 2. The maximum Gasteiger partial charge on any atom is 0.274 e. The molecule has 0 atom stereocenters. The number of nitrogens with one attached hydrogen (secondary N) is 2. The molecule has 24 heavy (non-hydrogen) atoms. The minimum absolute atomic E-state index is 0.0409. The van der Waals surface area contributed by atoms with Crippen molar-refractivity contribution < 1.29 is 9.59 Å². The zero-order valence-corrected chi connectivity index (χ0v) is 14.0. The molecule has 6 heteroatoms. The Kier molecular flexibility index (Phi) is 4.64. The molecule has 2 amide bonds. The van der Waals surface area contributed by atoms with Gasteiger partial charge in [0.15, 0.2) is 0 Å². The van der Waals surface area contributed by atoms with Crippen LogP contribution in [0.25, 0.3) is 0 Å². The highest BCUT2D eigenvalue weighted by Gasteiger charge is 2.26. The van der Waals surface area contributed by atoms with E-state index in [2.05, 4.69) is 15.5 Å². The summed E-state index contributed by atoms with van der Waals surface area (Å²) < 4.78 is 0. The predicted octanol–water partition coefficient (Wildman–Crippen LogP) is 2.06. The van der Waals surface area contributed by atoms with Crippen LogP contribution in [0, 0.1) is 13.8 Å². The second-order valence-electron chi connectivity index (χ2n) is 6.29. The molecule has 3 rings (SSSR count). The number of amides is 2. The molecule has 1 aliphatic heterocycles. The highest BCUT2D eigenvalue weighted by molar-refractivity contribution is 5.96. The van der Waals surface area contributed by atoms with Gasteiger partial charge in [-0.15, -0.1) is 0 Å². The summed E-state index contributed by atoms with van der Waals surface area (Å²) >= 11 is 0. The van der Waals surface area contributed by atoms with Gasteiger partial charge in [-0.1, -0.05) is 18.2 Å². The highest BCUT2D eigenvalue weighted by Crippen LogP contribution is 2.15. The van der Waals surface area contributed by atoms with Gasteiger partial charge in [0, 0.05) is 30.4 Å². The molecule has 2 N–H and O–H groups in total. The van der Waals surface area contributed by atoms with Crippen LogP contribution in [0.5, 0.6) is 0 Å². The molecule has 0 unspecified atom stereocenters. The fourth-order valence-corrected chi connectivity index (χ4v) is 3.01. The number of hydrogen-bond acceptors (Lipinski definition) is 3. The van der Waals surface area contributed by atoms with Gasteiger partial charge in [-0.3, -0.25) is 14.7 Å². The van der Waals surface area contributed by atoms with Crippen LogP contribution in [0.2, 0.25) is 0 Å². The van der Waals surface area contributed by atoms with Crippen molar-refractivity contribution in [2.24, 2.45) is 0 Å². The molecule has 0 bridgehead atoms. The molecule has 6 nitrogen and oxygen atoms in total. The Morgan fingerprint density at radius 1 is 1.21 bits per heavy atom. The van der Waals surface area contributed by atoms with Crippen LogP contribution in [-0.2, 0) is 0 Å². The number of carbonyl (C=O) groups excluding carboxylic acids is 2. The molecule has 1 aliphatic rings. The van der Waals surface area contributed by atoms with Crippen LogP contribution in [0.1, 0.15) is 44.9 Å². The fraction of sp³-hybridized carbons (Fsp3) is 0.389. The van der Waals surface area contributed by atoms with Crippen molar-refractivity contribution in [3.63, 3.8) is 0 Å². The summed E-state index contributed by atoms with van der Waals surface area (Å²) in [5.41, 5.74) is 3.01. The van der Waals surface area contributed by atoms with E-state index >= 15 is 0 Å². The number of carbonyl (C=O) groups is 2. The van der Waals surface area contributed by atoms with Gasteiger partial charge in [-0.05, 0) is 44.4 Å². The minimum Gasteiger partial charge on any atom is -0.349 e. The smallest absolute Gasteiger partial charge is 0.274 e. The highest BCUT2D eigenvalue weighted by atomic mass is 16.2. The van der Waals surface area contributed by atoms with Crippen LogP contribution < -0.4 is 5.32 Å².